The van der Waals surface area contributed by atoms with Crippen LogP contribution in [0.25, 0.3) is 0 Å². The number of alkyl halides is 3. The molecule has 1 atom stereocenters. The van der Waals surface area contributed by atoms with Crippen LogP contribution in [0.2, 0.25) is 0 Å². The number of halogens is 4. The van der Waals surface area contributed by atoms with Crippen molar-refractivity contribution in [2.75, 3.05) is 11.9 Å². The van der Waals surface area contributed by atoms with Gasteiger partial charge in [-0.2, -0.15) is 13.2 Å². The summed E-state index contributed by atoms with van der Waals surface area (Å²) < 4.78 is 39.0. The SMILES string of the molecule is CC1(C)CC1CNc1ccc(Br)cc1C(F)(F)F. The van der Waals surface area contributed by atoms with E-state index in [0.717, 1.165) is 12.5 Å². The van der Waals surface area contributed by atoms with Gasteiger partial charge in [-0.05, 0) is 36.0 Å². The maximum atomic E-state index is 12.9. The first-order valence-corrected chi connectivity index (χ1v) is 6.60. The lowest BCUT2D eigenvalue weighted by atomic mass is 10.1. The van der Waals surface area contributed by atoms with Gasteiger partial charge in [-0.15, -0.1) is 0 Å². The Morgan fingerprint density at radius 1 is 1.39 bits per heavy atom. The van der Waals surface area contributed by atoms with Crippen molar-refractivity contribution >= 4 is 21.6 Å². The average molecular weight is 322 g/mol. The summed E-state index contributed by atoms with van der Waals surface area (Å²) in [6.07, 6.45) is -3.26. The second-order valence-corrected chi connectivity index (χ2v) is 6.37. The zero-order valence-electron chi connectivity index (χ0n) is 10.2. The van der Waals surface area contributed by atoms with Crippen LogP contribution in [0, 0.1) is 11.3 Å². The second kappa shape index (κ2) is 4.44. The Labute approximate surface area is 113 Å². The van der Waals surface area contributed by atoms with Gasteiger partial charge in [0.2, 0.25) is 0 Å². The molecule has 1 aliphatic rings. The Morgan fingerprint density at radius 3 is 2.50 bits per heavy atom. The van der Waals surface area contributed by atoms with Crippen molar-refractivity contribution in [3.8, 4) is 0 Å². The zero-order valence-corrected chi connectivity index (χ0v) is 11.8. The van der Waals surface area contributed by atoms with E-state index in [4.69, 9.17) is 0 Å². The third kappa shape index (κ3) is 2.99. The molecule has 0 aromatic heterocycles. The molecule has 1 nitrogen and oxygen atoms in total. The number of benzene rings is 1. The fourth-order valence-electron chi connectivity index (χ4n) is 2.06. The normalized spacial score (nSPS) is 21.8. The molecule has 18 heavy (non-hydrogen) atoms. The van der Waals surface area contributed by atoms with Crippen LogP contribution in [0.1, 0.15) is 25.8 Å². The lowest BCUT2D eigenvalue weighted by Gasteiger charge is -2.15. The van der Waals surface area contributed by atoms with E-state index in [-0.39, 0.29) is 11.1 Å². The quantitative estimate of drug-likeness (QED) is 0.832. The topological polar surface area (TPSA) is 12.0 Å². The largest absolute Gasteiger partial charge is 0.418 e. The molecule has 1 N–H and O–H groups in total. The summed E-state index contributed by atoms with van der Waals surface area (Å²) in [5.74, 6) is 0.460. The van der Waals surface area contributed by atoms with Crippen molar-refractivity contribution in [1.82, 2.24) is 0 Å². The van der Waals surface area contributed by atoms with E-state index in [1.165, 1.54) is 6.07 Å². The summed E-state index contributed by atoms with van der Waals surface area (Å²) in [6, 6.07) is 4.21. The first kappa shape index (κ1) is 13.7. The zero-order chi connectivity index (χ0) is 13.6. The van der Waals surface area contributed by atoms with Gasteiger partial charge in [-0.25, -0.2) is 0 Å². The van der Waals surface area contributed by atoms with E-state index in [9.17, 15) is 13.2 Å². The van der Waals surface area contributed by atoms with E-state index in [1.807, 2.05) is 0 Å². The highest BCUT2D eigenvalue weighted by Crippen LogP contribution is 2.51. The van der Waals surface area contributed by atoms with Crippen LogP contribution in [0.15, 0.2) is 22.7 Å². The third-order valence-electron chi connectivity index (χ3n) is 3.54. The Morgan fingerprint density at radius 2 is 2.00 bits per heavy atom. The highest BCUT2D eigenvalue weighted by molar-refractivity contribution is 9.10. The van der Waals surface area contributed by atoms with Crippen LogP contribution in [-0.4, -0.2) is 6.54 Å². The van der Waals surface area contributed by atoms with Gasteiger partial charge in [0.25, 0.3) is 0 Å². The van der Waals surface area contributed by atoms with Crippen LogP contribution < -0.4 is 5.32 Å². The van der Waals surface area contributed by atoms with Crippen molar-refractivity contribution in [2.24, 2.45) is 11.3 Å². The number of rotatable bonds is 3. The summed E-state index contributed by atoms with van der Waals surface area (Å²) in [4.78, 5) is 0. The predicted octanol–water partition coefficient (Wildman–Crippen LogP) is 4.93. The van der Waals surface area contributed by atoms with Gasteiger partial charge >= 0.3 is 6.18 Å². The molecular weight excluding hydrogens is 307 g/mol. The molecule has 0 amide bonds. The molecule has 1 fully saturated rings. The number of hydrogen-bond donors (Lipinski definition) is 1. The standard InChI is InChI=1S/C13H15BrF3N/c1-12(2)6-8(12)7-18-11-4-3-9(14)5-10(11)13(15,16)17/h3-5,8,18H,6-7H2,1-2H3. The minimum atomic E-state index is -4.33. The van der Waals surface area contributed by atoms with Gasteiger partial charge in [-0.3, -0.25) is 0 Å². The van der Waals surface area contributed by atoms with E-state index in [2.05, 4.69) is 35.1 Å². The first-order valence-electron chi connectivity index (χ1n) is 5.81. The Balaban J connectivity index is 2.12. The lowest BCUT2D eigenvalue weighted by Crippen LogP contribution is -2.13. The summed E-state index contributed by atoms with van der Waals surface area (Å²) in [7, 11) is 0. The lowest BCUT2D eigenvalue weighted by molar-refractivity contribution is -0.137. The average Bonchev–Trinajstić information content (AvgIpc) is 2.83. The van der Waals surface area contributed by atoms with Crippen molar-refractivity contribution in [3.05, 3.63) is 28.2 Å². The number of nitrogens with one attached hydrogen (secondary N) is 1. The van der Waals surface area contributed by atoms with Crippen LogP contribution >= 0.6 is 15.9 Å². The van der Waals surface area contributed by atoms with Gasteiger partial charge in [0, 0.05) is 16.7 Å². The van der Waals surface area contributed by atoms with Crippen LogP contribution in [-0.2, 0) is 6.18 Å². The van der Waals surface area contributed by atoms with Crippen molar-refractivity contribution in [1.29, 1.82) is 0 Å². The molecule has 0 heterocycles. The molecule has 0 spiro atoms. The highest BCUT2D eigenvalue weighted by atomic mass is 79.9. The van der Waals surface area contributed by atoms with E-state index >= 15 is 0 Å². The first-order chi connectivity index (χ1) is 8.20. The van der Waals surface area contributed by atoms with Crippen LogP contribution in [0.4, 0.5) is 18.9 Å². The molecule has 0 aliphatic heterocycles. The minimum Gasteiger partial charge on any atom is -0.384 e. The predicted molar refractivity (Wildman–Crippen MR) is 69.5 cm³/mol. The van der Waals surface area contributed by atoms with Crippen LogP contribution in [0.5, 0.6) is 0 Å². The maximum Gasteiger partial charge on any atom is 0.418 e. The van der Waals surface area contributed by atoms with Gasteiger partial charge < -0.3 is 5.32 Å². The Hall–Kier alpha value is -0.710. The summed E-state index contributed by atoms with van der Waals surface area (Å²) in [5.41, 5.74) is -0.190. The molecule has 100 valence electrons. The molecule has 1 aromatic carbocycles. The van der Waals surface area contributed by atoms with Gasteiger partial charge in [0.05, 0.1) is 5.56 Å². The van der Waals surface area contributed by atoms with E-state index in [0.29, 0.717) is 16.9 Å². The molecule has 0 bridgehead atoms. The molecule has 1 unspecified atom stereocenters. The second-order valence-electron chi connectivity index (χ2n) is 5.46. The van der Waals surface area contributed by atoms with Crippen molar-refractivity contribution in [2.45, 2.75) is 26.4 Å². The van der Waals surface area contributed by atoms with Gasteiger partial charge in [-0.1, -0.05) is 29.8 Å². The molecule has 5 heteroatoms. The summed E-state index contributed by atoms with van der Waals surface area (Å²) in [6.45, 7) is 4.86. The number of anilines is 1. The number of hydrogen-bond acceptors (Lipinski definition) is 1. The summed E-state index contributed by atoms with van der Waals surface area (Å²) >= 11 is 3.07. The van der Waals surface area contributed by atoms with Crippen molar-refractivity contribution in [3.63, 3.8) is 0 Å². The molecule has 0 saturated heterocycles. The molecule has 1 aliphatic carbocycles. The summed E-state index contributed by atoms with van der Waals surface area (Å²) in [5, 5.41) is 2.92. The Bertz CT molecular complexity index is 454. The van der Waals surface area contributed by atoms with E-state index < -0.39 is 11.7 Å². The van der Waals surface area contributed by atoms with E-state index in [1.54, 1.807) is 6.07 Å². The molecule has 2 rings (SSSR count). The van der Waals surface area contributed by atoms with Crippen LogP contribution in [0.3, 0.4) is 0 Å². The van der Waals surface area contributed by atoms with Gasteiger partial charge in [0.1, 0.15) is 0 Å². The maximum absolute atomic E-state index is 12.9. The highest BCUT2D eigenvalue weighted by Gasteiger charge is 2.45. The molecule has 1 saturated carbocycles. The van der Waals surface area contributed by atoms with Crippen molar-refractivity contribution < 1.29 is 13.2 Å². The fourth-order valence-corrected chi connectivity index (χ4v) is 2.42. The van der Waals surface area contributed by atoms with Gasteiger partial charge in [0.15, 0.2) is 0 Å². The molecule has 1 aromatic rings. The third-order valence-corrected chi connectivity index (χ3v) is 4.04. The monoisotopic (exact) mass is 321 g/mol. The fraction of sp³-hybridized carbons (Fsp3) is 0.538. The Kier molecular flexibility index (Phi) is 3.38. The smallest absolute Gasteiger partial charge is 0.384 e. The molecular formula is C13H15BrF3N. The minimum absolute atomic E-state index is 0.161. The molecule has 0 radical (unpaired) electrons.